The van der Waals surface area contributed by atoms with Crippen molar-refractivity contribution >= 4 is 17.9 Å². The van der Waals surface area contributed by atoms with Gasteiger partial charge in [0.05, 0.1) is 13.2 Å². The number of hydrogen-bond donors (Lipinski definition) is 0. The van der Waals surface area contributed by atoms with E-state index in [1.54, 1.807) is 17.0 Å². The first-order valence-electron chi connectivity index (χ1n) is 12.9. The quantitative estimate of drug-likeness (QED) is 0.354. The summed E-state index contributed by atoms with van der Waals surface area (Å²) in [5.74, 6) is -3.30. The van der Waals surface area contributed by atoms with Crippen molar-refractivity contribution in [1.29, 1.82) is 0 Å². The monoisotopic (exact) mass is 554 g/mol. The van der Waals surface area contributed by atoms with E-state index in [1.807, 2.05) is 44.2 Å². The standard InChI is InChI=1S/C29H29F3N2O3.CO2/c1-3-36-22-7-8-23(24-9-10-25(30)27(32)26(24)31)20(16-22)17-33-13-11-29(12-14-33)18-34(28(35)37-29)21-6-4-5-19(2)15-21;2-1-3/h4-10,15-16H,3,11-14,17-18H2,1-2H3;. The molecule has 5 rings (SSSR count). The number of rotatable bonds is 6. The molecule has 3 aromatic carbocycles. The summed E-state index contributed by atoms with van der Waals surface area (Å²) in [6.07, 6.45) is 1.22. The van der Waals surface area contributed by atoms with Crippen molar-refractivity contribution < 1.29 is 37.0 Å². The maximum absolute atomic E-state index is 14.7. The maximum atomic E-state index is 14.7. The van der Waals surface area contributed by atoms with Gasteiger partial charge in [0.2, 0.25) is 0 Å². The Balaban J connectivity index is 0.00000118. The van der Waals surface area contributed by atoms with Crippen molar-refractivity contribution in [3.05, 3.63) is 83.2 Å². The summed E-state index contributed by atoms with van der Waals surface area (Å²) in [7, 11) is 0. The Morgan fingerprint density at radius 2 is 1.68 bits per heavy atom. The molecule has 1 spiro atoms. The fourth-order valence-corrected chi connectivity index (χ4v) is 5.19. The Morgan fingerprint density at radius 3 is 2.35 bits per heavy atom. The molecule has 0 radical (unpaired) electrons. The fraction of sp³-hybridized carbons (Fsp3) is 0.333. The number of aryl methyl sites for hydroxylation is 1. The van der Waals surface area contributed by atoms with Crippen LogP contribution in [0.1, 0.15) is 30.9 Å². The van der Waals surface area contributed by atoms with Crippen LogP contribution >= 0.6 is 0 Å². The molecular weight excluding hydrogens is 525 g/mol. The second-order valence-corrected chi connectivity index (χ2v) is 9.81. The van der Waals surface area contributed by atoms with E-state index >= 15 is 0 Å². The Bertz CT molecular complexity index is 1420. The van der Waals surface area contributed by atoms with Crippen molar-refractivity contribution in [2.45, 2.75) is 38.8 Å². The van der Waals surface area contributed by atoms with Gasteiger partial charge in [-0.2, -0.15) is 9.59 Å². The van der Waals surface area contributed by atoms with Crippen LogP contribution in [0.3, 0.4) is 0 Å². The van der Waals surface area contributed by atoms with Gasteiger partial charge in [0.1, 0.15) is 11.4 Å². The summed E-state index contributed by atoms with van der Waals surface area (Å²) >= 11 is 0. The molecule has 2 aliphatic rings. The third-order valence-corrected chi connectivity index (χ3v) is 7.16. The summed E-state index contributed by atoms with van der Waals surface area (Å²) in [5, 5.41) is 0. The lowest BCUT2D eigenvalue weighted by Gasteiger charge is -2.37. The van der Waals surface area contributed by atoms with E-state index in [9.17, 15) is 18.0 Å². The van der Waals surface area contributed by atoms with Gasteiger partial charge in [-0.1, -0.05) is 18.2 Å². The number of ether oxygens (including phenoxy) is 2. The smallest absolute Gasteiger partial charge is 0.415 e. The van der Waals surface area contributed by atoms with Crippen LogP contribution in [0.25, 0.3) is 11.1 Å². The molecule has 1 amide bonds. The first-order chi connectivity index (χ1) is 19.2. The van der Waals surface area contributed by atoms with E-state index < -0.39 is 23.1 Å². The topological polar surface area (TPSA) is 76.2 Å². The molecule has 10 heteroatoms. The highest BCUT2D eigenvalue weighted by Gasteiger charge is 2.47. The number of carbonyl (C=O) groups excluding carboxylic acids is 3. The van der Waals surface area contributed by atoms with Gasteiger partial charge in [-0.15, -0.1) is 0 Å². The third kappa shape index (κ3) is 6.19. The van der Waals surface area contributed by atoms with E-state index in [-0.39, 0.29) is 17.8 Å². The molecule has 3 aromatic rings. The minimum Gasteiger partial charge on any atom is -0.494 e. The summed E-state index contributed by atoms with van der Waals surface area (Å²) in [6, 6.07) is 15.2. The summed E-state index contributed by atoms with van der Waals surface area (Å²) in [4.78, 5) is 32.8. The minimum absolute atomic E-state index is 0.00366. The number of likely N-dealkylation sites (tertiary alicyclic amines) is 1. The van der Waals surface area contributed by atoms with E-state index in [2.05, 4.69) is 4.90 Å². The van der Waals surface area contributed by atoms with E-state index in [0.717, 1.165) is 22.9 Å². The number of amides is 1. The van der Waals surface area contributed by atoms with E-state index in [4.69, 9.17) is 19.1 Å². The number of benzene rings is 3. The predicted molar refractivity (Wildman–Crippen MR) is 140 cm³/mol. The molecule has 0 saturated carbocycles. The maximum Gasteiger partial charge on any atom is 0.415 e. The number of piperidine rings is 1. The van der Waals surface area contributed by atoms with Crippen LogP contribution in [0.15, 0.2) is 54.6 Å². The number of halogens is 3. The van der Waals surface area contributed by atoms with Crippen LogP contribution in [0.4, 0.5) is 23.7 Å². The zero-order chi connectivity index (χ0) is 28.9. The van der Waals surface area contributed by atoms with Crippen molar-refractivity contribution in [1.82, 2.24) is 4.90 Å². The molecule has 40 heavy (non-hydrogen) atoms. The SMILES string of the molecule is CCOc1ccc(-c2ccc(F)c(F)c2F)c(CN2CCC3(CC2)CN(c2cccc(C)c2)C(=O)O3)c1.O=C=O. The van der Waals surface area contributed by atoms with Crippen molar-refractivity contribution in [3.8, 4) is 16.9 Å². The second-order valence-electron chi connectivity index (χ2n) is 9.81. The van der Waals surface area contributed by atoms with Crippen LogP contribution < -0.4 is 9.64 Å². The van der Waals surface area contributed by atoms with Gasteiger partial charge in [-0.05, 0) is 66.9 Å². The Hall–Kier alpha value is -4.14. The van der Waals surface area contributed by atoms with Gasteiger partial charge in [0, 0.05) is 43.7 Å². The second kappa shape index (κ2) is 12.4. The van der Waals surface area contributed by atoms with Gasteiger partial charge >= 0.3 is 12.2 Å². The molecule has 0 bridgehead atoms. The van der Waals surface area contributed by atoms with Crippen molar-refractivity contribution in [2.24, 2.45) is 0 Å². The van der Waals surface area contributed by atoms with Gasteiger partial charge in [0.25, 0.3) is 0 Å². The molecule has 0 N–H and O–H groups in total. The molecule has 210 valence electrons. The molecule has 7 nitrogen and oxygen atoms in total. The summed E-state index contributed by atoms with van der Waals surface area (Å²) in [5.41, 5.74) is 2.58. The first-order valence-corrected chi connectivity index (χ1v) is 12.9. The molecule has 2 fully saturated rings. The van der Waals surface area contributed by atoms with Gasteiger partial charge < -0.3 is 9.47 Å². The molecule has 0 atom stereocenters. The Kier molecular flexibility index (Phi) is 8.92. The number of carbonyl (C=O) groups is 1. The largest absolute Gasteiger partial charge is 0.494 e. The molecule has 2 saturated heterocycles. The van der Waals surface area contributed by atoms with Gasteiger partial charge in [-0.3, -0.25) is 9.80 Å². The van der Waals surface area contributed by atoms with Gasteiger partial charge in [-0.25, -0.2) is 18.0 Å². The molecular formula is C30H29F3N2O5. The minimum atomic E-state index is -1.49. The lowest BCUT2D eigenvalue weighted by molar-refractivity contribution is -0.191. The van der Waals surface area contributed by atoms with Crippen molar-refractivity contribution in [2.75, 3.05) is 31.1 Å². The van der Waals surface area contributed by atoms with Crippen LogP contribution in [0, 0.1) is 24.4 Å². The summed E-state index contributed by atoms with van der Waals surface area (Å²) in [6.45, 7) is 6.60. The van der Waals surface area contributed by atoms with Crippen LogP contribution in [-0.2, 0) is 20.9 Å². The zero-order valence-electron chi connectivity index (χ0n) is 22.2. The third-order valence-electron chi connectivity index (χ3n) is 7.16. The Labute approximate surface area is 230 Å². The lowest BCUT2D eigenvalue weighted by Crippen LogP contribution is -2.46. The Morgan fingerprint density at radius 1 is 0.975 bits per heavy atom. The summed E-state index contributed by atoms with van der Waals surface area (Å²) < 4.78 is 53.8. The van der Waals surface area contributed by atoms with Crippen LogP contribution in [-0.4, -0.2) is 49.0 Å². The highest BCUT2D eigenvalue weighted by atomic mass is 19.2. The van der Waals surface area contributed by atoms with E-state index in [1.165, 1.54) is 6.07 Å². The van der Waals surface area contributed by atoms with Crippen LogP contribution in [0.2, 0.25) is 0 Å². The molecule has 2 aliphatic heterocycles. The number of nitrogens with zero attached hydrogens (tertiary/aromatic N) is 2. The van der Waals surface area contributed by atoms with Crippen molar-refractivity contribution in [3.63, 3.8) is 0 Å². The number of hydrogen-bond acceptors (Lipinski definition) is 6. The molecule has 0 aromatic heterocycles. The molecule has 2 heterocycles. The lowest BCUT2D eigenvalue weighted by atomic mass is 9.90. The average molecular weight is 555 g/mol. The first kappa shape index (κ1) is 28.9. The van der Waals surface area contributed by atoms with E-state index in [0.29, 0.717) is 56.9 Å². The molecule has 0 unspecified atom stereocenters. The highest BCUT2D eigenvalue weighted by Crippen LogP contribution is 2.37. The molecule has 0 aliphatic carbocycles. The van der Waals surface area contributed by atoms with Crippen LogP contribution in [0.5, 0.6) is 5.75 Å². The predicted octanol–water partition coefficient (Wildman–Crippen LogP) is 5.89. The average Bonchev–Trinajstić information content (AvgIpc) is 3.25. The fourth-order valence-electron chi connectivity index (χ4n) is 5.19. The normalized spacial score (nSPS) is 16.2. The highest BCUT2D eigenvalue weighted by molar-refractivity contribution is 5.90. The van der Waals surface area contributed by atoms with Gasteiger partial charge in [0.15, 0.2) is 17.5 Å². The number of anilines is 1. The zero-order valence-corrected chi connectivity index (χ0v) is 22.2.